The van der Waals surface area contributed by atoms with Gasteiger partial charge in [-0.2, -0.15) is 5.10 Å². The molecule has 0 spiro atoms. The van der Waals surface area contributed by atoms with Crippen molar-refractivity contribution in [2.75, 3.05) is 5.32 Å². The van der Waals surface area contributed by atoms with E-state index in [0.29, 0.717) is 5.71 Å². The first kappa shape index (κ1) is 21.0. The molecule has 0 bridgehead atoms. The molecule has 0 saturated heterocycles. The Hall–Kier alpha value is -3.26. The van der Waals surface area contributed by atoms with Crippen molar-refractivity contribution in [1.29, 1.82) is 0 Å². The summed E-state index contributed by atoms with van der Waals surface area (Å²) in [7, 11) is 0. The second-order valence-electron chi connectivity index (χ2n) is 5.95. The molecule has 0 atom stereocenters. The zero-order valence-electron chi connectivity index (χ0n) is 15.4. The topological polar surface area (TPSA) is 114 Å². The number of para-hydroxylation sites is 1. The third-order valence-electron chi connectivity index (χ3n) is 3.84. The first-order valence-electron chi connectivity index (χ1n) is 8.47. The zero-order chi connectivity index (χ0) is 20.7. The summed E-state index contributed by atoms with van der Waals surface area (Å²) < 4.78 is 0. The number of anilines is 1. The molecule has 2 aromatic carbocycles. The van der Waals surface area contributed by atoms with Crippen molar-refractivity contribution in [3.8, 4) is 0 Å². The summed E-state index contributed by atoms with van der Waals surface area (Å²) in [6.45, 7) is 3.60. The van der Waals surface area contributed by atoms with Gasteiger partial charge < -0.3 is 5.32 Å². The molecule has 28 heavy (non-hydrogen) atoms. The summed E-state index contributed by atoms with van der Waals surface area (Å²) in [4.78, 5) is 34.4. The van der Waals surface area contributed by atoms with Gasteiger partial charge in [0.1, 0.15) is 5.02 Å². The Morgan fingerprint density at radius 1 is 1.21 bits per heavy atom. The number of rotatable bonds is 7. The molecule has 0 heterocycles. The molecule has 2 amide bonds. The first-order valence-corrected chi connectivity index (χ1v) is 8.84. The maximum Gasteiger partial charge on any atom is 0.287 e. The highest BCUT2D eigenvalue weighted by Gasteiger charge is 2.15. The summed E-state index contributed by atoms with van der Waals surface area (Å²) in [5.74, 6) is -0.845. The maximum atomic E-state index is 12.2. The largest absolute Gasteiger partial charge is 0.326 e. The number of hydrogen-bond acceptors (Lipinski definition) is 5. The second kappa shape index (κ2) is 9.61. The Labute approximate surface area is 166 Å². The van der Waals surface area contributed by atoms with E-state index in [1.807, 2.05) is 31.2 Å². The van der Waals surface area contributed by atoms with Gasteiger partial charge in [0.2, 0.25) is 5.91 Å². The Balaban J connectivity index is 1.96. The van der Waals surface area contributed by atoms with Gasteiger partial charge in [0.05, 0.1) is 11.3 Å². The number of aryl methyl sites for hydroxylation is 1. The van der Waals surface area contributed by atoms with Crippen LogP contribution in [0.3, 0.4) is 0 Å². The van der Waals surface area contributed by atoms with Gasteiger partial charge in [-0.15, -0.1) is 0 Å². The van der Waals surface area contributed by atoms with Crippen molar-refractivity contribution < 1.29 is 14.5 Å². The Kier molecular flexibility index (Phi) is 7.22. The number of carbonyl (C=O) groups is 2. The number of nitro groups is 1. The predicted octanol–water partition coefficient (Wildman–Crippen LogP) is 3.95. The standard InChI is InChI=1S/C19H19ClN4O4/c1-3-13-6-4-5-7-16(13)21-18(25)10-12(2)22-23-19(26)14-8-9-17(24(27)28)15(20)11-14/h4-9,11H,3,10H2,1-2H3,(H,21,25)(H,23,26)/b22-12+. The molecule has 0 aromatic heterocycles. The Bertz CT molecular complexity index is 943. The maximum absolute atomic E-state index is 12.2. The average molecular weight is 403 g/mol. The van der Waals surface area contributed by atoms with Gasteiger partial charge in [0.15, 0.2) is 0 Å². The molecular formula is C19H19ClN4O4. The van der Waals surface area contributed by atoms with Crippen molar-refractivity contribution in [2.45, 2.75) is 26.7 Å². The van der Waals surface area contributed by atoms with Crippen LogP contribution >= 0.6 is 11.6 Å². The molecule has 0 aliphatic carbocycles. The minimum Gasteiger partial charge on any atom is -0.326 e. The van der Waals surface area contributed by atoms with Crippen molar-refractivity contribution in [3.05, 3.63) is 68.7 Å². The van der Waals surface area contributed by atoms with Crippen molar-refractivity contribution in [1.82, 2.24) is 5.43 Å². The molecule has 0 fully saturated rings. The monoisotopic (exact) mass is 402 g/mol. The highest BCUT2D eigenvalue weighted by molar-refractivity contribution is 6.33. The Morgan fingerprint density at radius 3 is 2.57 bits per heavy atom. The molecule has 0 radical (unpaired) electrons. The van der Waals surface area contributed by atoms with Crippen LogP contribution in [0.1, 0.15) is 36.2 Å². The van der Waals surface area contributed by atoms with E-state index < -0.39 is 10.8 Å². The predicted molar refractivity (Wildman–Crippen MR) is 108 cm³/mol. The number of amides is 2. The van der Waals surface area contributed by atoms with E-state index in [2.05, 4.69) is 15.8 Å². The number of benzene rings is 2. The summed E-state index contributed by atoms with van der Waals surface area (Å²) in [6, 6.07) is 11.1. The van der Waals surface area contributed by atoms with Crippen LogP contribution in [0.4, 0.5) is 11.4 Å². The summed E-state index contributed by atoms with van der Waals surface area (Å²) in [5.41, 5.74) is 4.30. The average Bonchev–Trinajstić information content (AvgIpc) is 2.66. The zero-order valence-corrected chi connectivity index (χ0v) is 16.1. The lowest BCUT2D eigenvalue weighted by Crippen LogP contribution is -2.21. The first-order chi connectivity index (χ1) is 13.3. The number of nitro benzene ring substituents is 1. The van der Waals surface area contributed by atoms with Crippen LogP contribution < -0.4 is 10.7 Å². The van der Waals surface area contributed by atoms with Crippen LogP contribution in [0, 0.1) is 10.1 Å². The fraction of sp³-hybridized carbons (Fsp3) is 0.211. The van der Waals surface area contributed by atoms with Crippen LogP contribution in [0.15, 0.2) is 47.6 Å². The molecule has 0 aliphatic heterocycles. The summed E-state index contributed by atoms with van der Waals surface area (Å²) >= 11 is 5.79. The SMILES string of the molecule is CCc1ccccc1NC(=O)C/C(C)=N/NC(=O)c1ccc([N+](=O)[O-])c(Cl)c1. The van der Waals surface area contributed by atoms with Gasteiger partial charge in [-0.3, -0.25) is 19.7 Å². The fourth-order valence-electron chi connectivity index (χ4n) is 2.42. The quantitative estimate of drug-likeness (QED) is 0.414. The lowest BCUT2D eigenvalue weighted by Gasteiger charge is -2.09. The van der Waals surface area contributed by atoms with Crippen molar-refractivity contribution in [2.24, 2.45) is 5.10 Å². The van der Waals surface area contributed by atoms with Gasteiger partial charge in [-0.05, 0) is 37.1 Å². The van der Waals surface area contributed by atoms with E-state index in [1.165, 1.54) is 12.1 Å². The van der Waals surface area contributed by atoms with Gasteiger partial charge >= 0.3 is 0 Å². The molecule has 0 saturated carbocycles. The third-order valence-corrected chi connectivity index (χ3v) is 4.15. The summed E-state index contributed by atoms with van der Waals surface area (Å²) in [6.07, 6.45) is 0.788. The molecule has 146 valence electrons. The number of nitrogens with one attached hydrogen (secondary N) is 2. The number of nitrogens with zero attached hydrogens (tertiary/aromatic N) is 2. The van der Waals surface area contributed by atoms with E-state index in [-0.39, 0.29) is 28.6 Å². The van der Waals surface area contributed by atoms with Crippen LogP contribution in [0.5, 0.6) is 0 Å². The number of hydrogen-bond donors (Lipinski definition) is 2. The van der Waals surface area contributed by atoms with E-state index in [4.69, 9.17) is 11.6 Å². The van der Waals surface area contributed by atoms with Crippen LogP contribution in [0.25, 0.3) is 0 Å². The van der Waals surface area contributed by atoms with Crippen LogP contribution in [-0.4, -0.2) is 22.4 Å². The fourth-order valence-corrected chi connectivity index (χ4v) is 2.67. The highest BCUT2D eigenvalue weighted by atomic mass is 35.5. The van der Waals surface area contributed by atoms with E-state index in [9.17, 15) is 19.7 Å². The van der Waals surface area contributed by atoms with Gasteiger partial charge in [0, 0.05) is 23.0 Å². The van der Waals surface area contributed by atoms with Gasteiger partial charge in [-0.1, -0.05) is 36.7 Å². The number of halogens is 1. The molecule has 2 rings (SSSR count). The summed E-state index contributed by atoms with van der Waals surface area (Å²) in [5, 5.41) is 17.3. The molecule has 0 unspecified atom stereocenters. The second-order valence-corrected chi connectivity index (χ2v) is 6.35. The van der Waals surface area contributed by atoms with E-state index >= 15 is 0 Å². The smallest absolute Gasteiger partial charge is 0.287 e. The van der Waals surface area contributed by atoms with Crippen LogP contribution in [-0.2, 0) is 11.2 Å². The normalized spacial score (nSPS) is 11.0. The third kappa shape index (κ3) is 5.62. The molecule has 2 N–H and O–H groups in total. The van der Waals surface area contributed by atoms with E-state index in [1.54, 1.807) is 6.92 Å². The lowest BCUT2D eigenvalue weighted by molar-refractivity contribution is -0.384. The lowest BCUT2D eigenvalue weighted by atomic mass is 10.1. The van der Waals surface area contributed by atoms with Gasteiger partial charge in [0.25, 0.3) is 11.6 Å². The van der Waals surface area contributed by atoms with Gasteiger partial charge in [-0.25, -0.2) is 5.43 Å². The molecular weight excluding hydrogens is 384 g/mol. The van der Waals surface area contributed by atoms with Crippen LogP contribution in [0.2, 0.25) is 5.02 Å². The molecule has 0 aliphatic rings. The number of carbonyl (C=O) groups excluding carboxylic acids is 2. The Morgan fingerprint density at radius 2 is 1.93 bits per heavy atom. The van der Waals surface area contributed by atoms with Crippen molar-refractivity contribution in [3.63, 3.8) is 0 Å². The van der Waals surface area contributed by atoms with E-state index in [0.717, 1.165) is 23.7 Å². The highest BCUT2D eigenvalue weighted by Crippen LogP contribution is 2.24. The molecule has 9 heteroatoms. The minimum atomic E-state index is -0.637. The minimum absolute atomic E-state index is 0.000649. The molecule has 8 nitrogen and oxygen atoms in total. The number of hydrazone groups is 1. The molecule has 2 aromatic rings. The van der Waals surface area contributed by atoms with Crippen molar-refractivity contribution >= 4 is 40.5 Å².